The normalized spacial score (nSPS) is 20.4. The number of piperidine rings is 1. The fourth-order valence-electron chi connectivity index (χ4n) is 3.05. The van der Waals surface area contributed by atoms with Gasteiger partial charge in [-0.2, -0.15) is 0 Å². The van der Waals surface area contributed by atoms with Crippen LogP contribution in [0.15, 0.2) is 29.1 Å². The van der Waals surface area contributed by atoms with Crippen LogP contribution in [0.5, 0.6) is 0 Å². The molecule has 2 heterocycles. The number of benzene rings is 1. The van der Waals surface area contributed by atoms with E-state index in [9.17, 15) is 4.79 Å². The molecule has 0 radical (unpaired) electrons. The molecule has 1 atom stereocenters. The van der Waals surface area contributed by atoms with Gasteiger partial charge in [-0.3, -0.25) is 9.69 Å². The van der Waals surface area contributed by atoms with Gasteiger partial charge in [0, 0.05) is 6.54 Å². The number of nitrogens with one attached hydrogen (secondary N) is 1. The Morgan fingerprint density at radius 2 is 2.25 bits per heavy atom. The van der Waals surface area contributed by atoms with E-state index in [2.05, 4.69) is 21.8 Å². The lowest BCUT2D eigenvalue weighted by Crippen LogP contribution is -2.35. The van der Waals surface area contributed by atoms with Crippen LogP contribution in [0, 0.1) is 5.92 Å². The van der Waals surface area contributed by atoms with Crippen molar-refractivity contribution < 1.29 is 0 Å². The van der Waals surface area contributed by atoms with Crippen molar-refractivity contribution in [3.05, 3.63) is 40.4 Å². The minimum atomic E-state index is -0.0327. The summed E-state index contributed by atoms with van der Waals surface area (Å²) in [7, 11) is 0. The Balaban J connectivity index is 1.82. The zero-order chi connectivity index (χ0) is 13.9. The van der Waals surface area contributed by atoms with Crippen LogP contribution in [0.25, 0.3) is 10.9 Å². The van der Waals surface area contributed by atoms with Crippen molar-refractivity contribution >= 4 is 10.9 Å². The molecule has 106 valence electrons. The average molecular weight is 271 g/mol. The molecule has 1 aliphatic heterocycles. The summed E-state index contributed by atoms with van der Waals surface area (Å²) in [5.41, 5.74) is 0.755. The van der Waals surface area contributed by atoms with Crippen molar-refractivity contribution in [2.75, 3.05) is 13.1 Å². The van der Waals surface area contributed by atoms with Gasteiger partial charge in [0.2, 0.25) is 0 Å². The Hall–Kier alpha value is -1.68. The second-order valence-electron chi connectivity index (χ2n) is 5.68. The van der Waals surface area contributed by atoms with Gasteiger partial charge in [0.1, 0.15) is 5.82 Å². The lowest BCUT2D eigenvalue weighted by molar-refractivity contribution is 0.161. The highest BCUT2D eigenvalue weighted by Crippen LogP contribution is 2.20. The molecule has 1 aromatic carbocycles. The van der Waals surface area contributed by atoms with Crippen molar-refractivity contribution in [2.45, 2.75) is 32.7 Å². The summed E-state index contributed by atoms with van der Waals surface area (Å²) in [5, 5.41) is 0.668. The summed E-state index contributed by atoms with van der Waals surface area (Å²) in [5.74, 6) is 1.57. The van der Waals surface area contributed by atoms with Crippen LogP contribution in [0.3, 0.4) is 0 Å². The van der Waals surface area contributed by atoms with Crippen LogP contribution in [0.1, 0.15) is 32.0 Å². The quantitative estimate of drug-likeness (QED) is 0.933. The van der Waals surface area contributed by atoms with E-state index in [0.717, 1.165) is 36.9 Å². The van der Waals surface area contributed by atoms with E-state index in [1.165, 1.54) is 19.3 Å². The summed E-state index contributed by atoms with van der Waals surface area (Å²) in [4.78, 5) is 22.0. The molecule has 1 saturated heterocycles. The van der Waals surface area contributed by atoms with Crippen molar-refractivity contribution in [3.8, 4) is 0 Å². The van der Waals surface area contributed by atoms with E-state index < -0.39 is 0 Å². The summed E-state index contributed by atoms with van der Waals surface area (Å²) in [6.07, 6.45) is 3.81. The van der Waals surface area contributed by atoms with Crippen molar-refractivity contribution in [1.29, 1.82) is 0 Å². The number of aromatic nitrogens is 2. The molecule has 0 amide bonds. The van der Waals surface area contributed by atoms with Gasteiger partial charge < -0.3 is 4.98 Å². The number of rotatable bonds is 3. The number of likely N-dealkylation sites (tertiary alicyclic amines) is 1. The molecule has 4 nitrogen and oxygen atoms in total. The predicted octanol–water partition coefficient (Wildman–Crippen LogP) is 2.55. The number of H-pyrrole nitrogens is 1. The predicted molar refractivity (Wildman–Crippen MR) is 80.7 cm³/mol. The fourth-order valence-corrected chi connectivity index (χ4v) is 3.05. The molecule has 20 heavy (non-hydrogen) atoms. The molecule has 4 heteroatoms. The van der Waals surface area contributed by atoms with E-state index in [1.54, 1.807) is 0 Å². The highest BCUT2D eigenvalue weighted by atomic mass is 16.1. The lowest BCUT2D eigenvalue weighted by Gasteiger charge is -2.31. The Labute approximate surface area is 118 Å². The highest BCUT2D eigenvalue weighted by Gasteiger charge is 2.19. The largest absolute Gasteiger partial charge is 0.309 e. The van der Waals surface area contributed by atoms with Gasteiger partial charge in [0.15, 0.2) is 0 Å². The van der Waals surface area contributed by atoms with E-state index in [1.807, 2.05) is 24.3 Å². The third-order valence-corrected chi connectivity index (χ3v) is 4.22. The Kier molecular flexibility index (Phi) is 3.83. The van der Waals surface area contributed by atoms with Gasteiger partial charge in [-0.15, -0.1) is 0 Å². The fraction of sp³-hybridized carbons (Fsp3) is 0.500. The molecule has 1 fully saturated rings. The number of nitrogens with zero attached hydrogens (tertiary/aromatic N) is 2. The van der Waals surface area contributed by atoms with Crippen LogP contribution in [0.2, 0.25) is 0 Å². The van der Waals surface area contributed by atoms with Crippen LogP contribution in [-0.2, 0) is 6.54 Å². The van der Waals surface area contributed by atoms with Crippen molar-refractivity contribution in [3.63, 3.8) is 0 Å². The average Bonchev–Trinajstić information content (AvgIpc) is 2.47. The van der Waals surface area contributed by atoms with E-state index in [-0.39, 0.29) is 5.56 Å². The van der Waals surface area contributed by atoms with Crippen LogP contribution < -0.4 is 5.56 Å². The highest BCUT2D eigenvalue weighted by molar-refractivity contribution is 5.77. The van der Waals surface area contributed by atoms with Gasteiger partial charge in [-0.05, 0) is 37.4 Å². The molecule has 1 unspecified atom stereocenters. The topological polar surface area (TPSA) is 49.0 Å². The first-order chi connectivity index (χ1) is 9.76. The summed E-state index contributed by atoms with van der Waals surface area (Å²) in [6, 6.07) is 7.51. The molecule has 2 aromatic rings. The number of hydrogen-bond donors (Lipinski definition) is 1. The zero-order valence-corrected chi connectivity index (χ0v) is 11.9. The lowest BCUT2D eigenvalue weighted by atomic mass is 9.96. The SMILES string of the molecule is CCC1CCCN(Cc2nc3ccccc3c(=O)[nH]2)C1. The maximum atomic E-state index is 12.0. The smallest absolute Gasteiger partial charge is 0.258 e. The first kappa shape index (κ1) is 13.3. The standard InChI is InChI=1S/C16H21N3O/c1-2-12-6-5-9-19(10-12)11-15-17-14-8-4-3-7-13(14)16(20)18-15/h3-4,7-8,12H,2,5-6,9-11H2,1H3,(H,17,18,20). The molecule has 1 N–H and O–H groups in total. The van der Waals surface area contributed by atoms with Gasteiger partial charge in [-0.1, -0.05) is 25.5 Å². The molecular formula is C16H21N3O. The molecule has 0 saturated carbocycles. The number of hydrogen-bond acceptors (Lipinski definition) is 3. The molecule has 1 aliphatic rings. The monoisotopic (exact) mass is 271 g/mol. The Morgan fingerprint density at radius 3 is 3.10 bits per heavy atom. The van der Waals surface area contributed by atoms with E-state index >= 15 is 0 Å². The van der Waals surface area contributed by atoms with Gasteiger partial charge in [0.25, 0.3) is 5.56 Å². The molecule has 0 bridgehead atoms. The third-order valence-electron chi connectivity index (χ3n) is 4.22. The number of aromatic amines is 1. The van der Waals surface area contributed by atoms with Crippen LogP contribution in [0.4, 0.5) is 0 Å². The second kappa shape index (κ2) is 5.75. The molecule has 0 spiro atoms. The zero-order valence-electron chi connectivity index (χ0n) is 11.9. The minimum Gasteiger partial charge on any atom is -0.309 e. The summed E-state index contributed by atoms with van der Waals surface area (Å²) < 4.78 is 0. The van der Waals surface area contributed by atoms with E-state index in [0.29, 0.717) is 5.39 Å². The first-order valence-corrected chi connectivity index (χ1v) is 7.46. The summed E-state index contributed by atoms with van der Waals surface area (Å²) >= 11 is 0. The van der Waals surface area contributed by atoms with Crippen LogP contribution >= 0.6 is 0 Å². The molecular weight excluding hydrogens is 250 g/mol. The van der Waals surface area contributed by atoms with Crippen LogP contribution in [-0.4, -0.2) is 28.0 Å². The van der Waals surface area contributed by atoms with Gasteiger partial charge in [-0.25, -0.2) is 4.98 Å². The molecule has 1 aromatic heterocycles. The second-order valence-corrected chi connectivity index (χ2v) is 5.68. The maximum absolute atomic E-state index is 12.0. The van der Waals surface area contributed by atoms with Crippen molar-refractivity contribution in [2.24, 2.45) is 5.92 Å². The minimum absolute atomic E-state index is 0.0327. The first-order valence-electron chi connectivity index (χ1n) is 7.46. The van der Waals surface area contributed by atoms with E-state index in [4.69, 9.17) is 0 Å². The number of fused-ring (bicyclic) bond motifs is 1. The Bertz CT molecular complexity index is 649. The molecule has 0 aliphatic carbocycles. The Morgan fingerprint density at radius 1 is 1.40 bits per heavy atom. The van der Waals surface area contributed by atoms with Crippen molar-refractivity contribution in [1.82, 2.24) is 14.9 Å². The van der Waals surface area contributed by atoms with Gasteiger partial charge in [0.05, 0.1) is 17.4 Å². The summed E-state index contributed by atoms with van der Waals surface area (Å²) in [6.45, 7) is 5.22. The number of para-hydroxylation sites is 1. The molecule has 3 rings (SSSR count). The van der Waals surface area contributed by atoms with Gasteiger partial charge >= 0.3 is 0 Å². The maximum Gasteiger partial charge on any atom is 0.258 e. The third kappa shape index (κ3) is 2.75.